The standard InChI is InChI=1S/C74H76BN3O/c1-70(2,3)48-25-32-53(33-26-48)76(54-34-27-49(28-35-54)71(4,5)6)56-38-40-64-59(44-56)61-42-52(74(13,14)15)43-66-69(61)75(78(64)55-36-29-50(30-37-55)72(7,8)9)62-45-60-57-23-19-20-24-67(57)79-68(60)46-65(62)77(66)63-39-31-51(73(10,11)12)41-58(63)47-21-17-16-18-22-47/h16-46H,1-15H3. The number of fused-ring (bicyclic) bond motifs is 7. The van der Waals surface area contributed by atoms with Gasteiger partial charge in [-0.1, -0.05) is 207 Å². The molecule has 4 nitrogen and oxygen atoms in total. The van der Waals surface area contributed by atoms with Crippen LogP contribution in [0.4, 0.5) is 45.5 Å². The van der Waals surface area contributed by atoms with Crippen molar-refractivity contribution in [3.63, 3.8) is 0 Å². The maximum absolute atomic E-state index is 6.88. The van der Waals surface area contributed by atoms with Crippen LogP contribution in [0.25, 0.3) is 44.2 Å². The number of para-hydroxylation sites is 1. The number of nitrogens with zero attached hydrogens (tertiary/aromatic N) is 3. The second-order valence-electron chi connectivity index (χ2n) is 27.6. The van der Waals surface area contributed by atoms with Crippen LogP contribution < -0.4 is 25.5 Å². The molecule has 2 aliphatic rings. The molecule has 0 fully saturated rings. The zero-order valence-corrected chi connectivity index (χ0v) is 49.2. The highest BCUT2D eigenvalue weighted by atomic mass is 16.3. The summed E-state index contributed by atoms with van der Waals surface area (Å²) in [5, 5.41) is 2.24. The molecule has 3 heterocycles. The lowest BCUT2D eigenvalue weighted by Crippen LogP contribution is -2.61. The Hall–Kier alpha value is -7.76. The quantitative estimate of drug-likeness (QED) is 0.155. The Labute approximate surface area is 470 Å². The normalized spacial score (nSPS) is 13.7. The summed E-state index contributed by atoms with van der Waals surface area (Å²) < 4.78 is 6.88. The lowest BCUT2D eigenvalue weighted by Gasteiger charge is -2.47. The third-order valence-electron chi connectivity index (χ3n) is 16.8. The number of anilines is 8. The van der Waals surface area contributed by atoms with E-state index in [2.05, 4.69) is 307 Å². The minimum Gasteiger partial charge on any atom is -0.456 e. The lowest BCUT2D eigenvalue weighted by atomic mass is 9.43. The maximum Gasteiger partial charge on any atom is 0.333 e. The van der Waals surface area contributed by atoms with Gasteiger partial charge in [0.05, 0.1) is 5.69 Å². The highest BCUT2D eigenvalue weighted by molar-refractivity contribution is 6.93. The molecule has 0 saturated carbocycles. The molecule has 0 spiro atoms. The Morgan fingerprint density at radius 3 is 1.44 bits per heavy atom. The molecule has 0 N–H and O–H groups in total. The average Bonchev–Trinajstić information content (AvgIpc) is 3.99. The Kier molecular flexibility index (Phi) is 12.1. The Morgan fingerprint density at radius 2 is 0.861 bits per heavy atom. The summed E-state index contributed by atoms with van der Waals surface area (Å²) in [7, 11) is 0. The third kappa shape index (κ3) is 9.13. The smallest absolute Gasteiger partial charge is 0.333 e. The molecule has 10 aromatic rings. The highest BCUT2D eigenvalue weighted by Gasteiger charge is 2.47. The van der Waals surface area contributed by atoms with Crippen molar-refractivity contribution in [1.29, 1.82) is 0 Å². The van der Waals surface area contributed by atoms with E-state index < -0.39 is 0 Å². The predicted octanol–water partition coefficient (Wildman–Crippen LogP) is 19.9. The van der Waals surface area contributed by atoms with E-state index in [0.717, 1.165) is 56.1 Å². The summed E-state index contributed by atoms with van der Waals surface area (Å²) in [5.74, 6) is 0. The third-order valence-corrected chi connectivity index (χ3v) is 16.8. The van der Waals surface area contributed by atoms with Crippen LogP contribution in [0.3, 0.4) is 0 Å². The molecule has 1 aromatic heterocycles. The van der Waals surface area contributed by atoms with Crippen LogP contribution in [0, 0.1) is 0 Å². The highest BCUT2D eigenvalue weighted by Crippen LogP contribution is 2.52. The van der Waals surface area contributed by atoms with E-state index in [1.807, 2.05) is 0 Å². The monoisotopic (exact) mass is 1030 g/mol. The van der Waals surface area contributed by atoms with E-state index in [1.165, 1.54) is 72.4 Å². The van der Waals surface area contributed by atoms with E-state index in [1.54, 1.807) is 0 Å². The Balaban J connectivity index is 1.20. The zero-order chi connectivity index (χ0) is 55.7. The summed E-state index contributed by atoms with van der Waals surface area (Å²) in [6.07, 6.45) is 0. The zero-order valence-electron chi connectivity index (χ0n) is 49.2. The van der Waals surface area contributed by atoms with Gasteiger partial charge in [-0.25, -0.2) is 0 Å². The second kappa shape index (κ2) is 18.4. The number of rotatable bonds is 6. The van der Waals surface area contributed by atoms with E-state index in [4.69, 9.17) is 4.42 Å². The van der Waals surface area contributed by atoms with E-state index in [9.17, 15) is 0 Å². The Morgan fingerprint density at radius 1 is 0.354 bits per heavy atom. The summed E-state index contributed by atoms with van der Waals surface area (Å²) in [6, 6.07) is 71.7. The molecule has 0 saturated heterocycles. The van der Waals surface area contributed by atoms with Gasteiger partial charge in [0, 0.05) is 67.8 Å². The molecule has 9 aromatic carbocycles. The van der Waals surface area contributed by atoms with Crippen LogP contribution in [-0.4, -0.2) is 6.85 Å². The van der Waals surface area contributed by atoms with Gasteiger partial charge in [0.15, 0.2) is 0 Å². The van der Waals surface area contributed by atoms with Crippen molar-refractivity contribution >= 4 is 85.2 Å². The first-order valence-corrected chi connectivity index (χ1v) is 28.5. The fourth-order valence-electron chi connectivity index (χ4n) is 12.1. The van der Waals surface area contributed by atoms with Gasteiger partial charge in [0.2, 0.25) is 0 Å². The number of hydrogen-bond acceptors (Lipinski definition) is 4. The van der Waals surface area contributed by atoms with E-state index >= 15 is 0 Å². The van der Waals surface area contributed by atoms with Gasteiger partial charge in [-0.2, -0.15) is 0 Å². The van der Waals surface area contributed by atoms with Gasteiger partial charge < -0.3 is 19.0 Å². The summed E-state index contributed by atoms with van der Waals surface area (Å²) in [6.45, 7) is 34.5. The van der Waals surface area contributed by atoms with Crippen LogP contribution in [-0.2, 0) is 27.1 Å². The van der Waals surface area contributed by atoms with Crippen LogP contribution in [0.15, 0.2) is 192 Å². The van der Waals surface area contributed by atoms with Gasteiger partial charge in [0.1, 0.15) is 11.2 Å². The number of benzene rings is 9. The predicted molar refractivity (Wildman–Crippen MR) is 341 cm³/mol. The topological polar surface area (TPSA) is 22.9 Å². The molecule has 79 heavy (non-hydrogen) atoms. The van der Waals surface area contributed by atoms with Crippen molar-refractivity contribution < 1.29 is 4.42 Å². The summed E-state index contributed by atoms with van der Waals surface area (Å²) in [4.78, 5) is 7.70. The van der Waals surface area contributed by atoms with Crippen LogP contribution >= 0.6 is 0 Å². The molecule has 0 amide bonds. The van der Waals surface area contributed by atoms with Crippen LogP contribution in [0.1, 0.15) is 132 Å². The van der Waals surface area contributed by atoms with E-state index in [0.29, 0.717) is 0 Å². The van der Waals surface area contributed by atoms with Gasteiger partial charge in [-0.15, -0.1) is 0 Å². The lowest BCUT2D eigenvalue weighted by molar-refractivity contribution is 0.590. The first kappa shape index (κ1) is 52.0. The van der Waals surface area contributed by atoms with Gasteiger partial charge in [-0.3, -0.25) is 0 Å². The molecule has 0 atom stereocenters. The number of hydrogen-bond donors (Lipinski definition) is 0. The average molecular weight is 1030 g/mol. The van der Waals surface area contributed by atoms with Crippen molar-refractivity contribution in [2.45, 2.75) is 131 Å². The molecule has 0 aliphatic carbocycles. The van der Waals surface area contributed by atoms with Crippen molar-refractivity contribution in [1.82, 2.24) is 0 Å². The SMILES string of the molecule is CC(C)(C)c1ccc(N2B3c4cc5c(cc4N(c4ccc(C(C)(C)C)cc4-c4ccccc4)c4cc(C(C)(C)C)cc(c43)-c3cc(N(c4ccc(C(C)(C)C)cc4)c4ccc(C(C)(C)C)cc4)ccc32)oc2ccccc25)cc1. The molecule has 0 unspecified atom stereocenters. The van der Waals surface area contributed by atoms with Crippen LogP contribution in [0.5, 0.6) is 0 Å². The minimum absolute atomic E-state index is 0.0130. The van der Waals surface area contributed by atoms with Crippen molar-refractivity contribution in [2.75, 3.05) is 14.6 Å². The summed E-state index contributed by atoms with van der Waals surface area (Å²) in [5.41, 5.74) is 24.4. The number of furan rings is 1. The minimum atomic E-state index is -0.206. The van der Waals surface area contributed by atoms with Gasteiger partial charge >= 0.3 is 6.85 Å². The molecular weight excluding hydrogens is 958 g/mol. The van der Waals surface area contributed by atoms with Crippen molar-refractivity contribution in [2.24, 2.45) is 0 Å². The van der Waals surface area contributed by atoms with Crippen molar-refractivity contribution in [3.05, 3.63) is 216 Å². The second-order valence-corrected chi connectivity index (χ2v) is 27.6. The maximum atomic E-state index is 6.88. The van der Waals surface area contributed by atoms with E-state index in [-0.39, 0.29) is 33.9 Å². The molecule has 0 bridgehead atoms. The first-order valence-electron chi connectivity index (χ1n) is 28.5. The first-order chi connectivity index (χ1) is 37.3. The fraction of sp³-hybridized carbons (Fsp3) is 0.270. The van der Waals surface area contributed by atoms with Gasteiger partial charge in [0.25, 0.3) is 0 Å². The molecule has 12 rings (SSSR count). The van der Waals surface area contributed by atoms with Crippen LogP contribution in [0.2, 0.25) is 0 Å². The Bertz CT molecular complexity index is 3910. The molecule has 5 heteroatoms. The van der Waals surface area contributed by atoms with Gasteiger partial charge in [-0.05, 0) is 156 Å². The molecule has 396 valence electrons. The molecule has 0 radical (unpaired) electrons. The molecular formula is C74H76BN3O. The van der Waals surface area contributed by atoms with Crippen molar-refractivity contribution in [3.8, 4) is 22.3 Å². The molecule has 2 aliphatic heterocycles. The largest absolute Gasteiger partial charge is 0.456 e. The fourth-order valence-corrected chi connectivity index (χ4v) is 12.1. The summed E-state index contributed by atoms with van der Waals surface area (Å²) >= 11 is 0.